The molecule has 0 saturated carbocycles. The summed E-state index contributed by atoms with van der Waals surface area (Å²) in [5.41, 5.74) is 1.06. The number of imide groups is 1. The van der Waals surface area contributed by atoms with Gasteiger partial charge in [0.25, 0.3) is 11.8 Å². The van der Waals surface area contributed by atoms with Gasteiger partial charge >= 0.3 is 12.1 Å². The molecule has 2 aliphatic rings. The fourth-order valence-electron chi connectivity index (χ4n) is 2.82. The Labute approximate surface area is 147 Å². The topological polar surface area (TPSA) is 93.2 Å². The first-order chi connectivity index (χ1) is 12.5. The molecule has 2 aromatic rings. The van der Waals surface area contributed by atoms with Crippen LogP contribution in [0.5, 0.6) is 5.75 Å². The number of rotatable bonds is 3. The predicted octanol–water partition coefficient (Wildman–Crippen LogP) is 1.76. The number of nitrogens with zero attached hydrogens (tertiary/aromatic N) is 2. The second kappa shape index (κ2) is 5.99. The molecule has 130 valence electrons. The number of hydroxylamine groups is 2. The molecule has 0 N–H and O–H groups in total. The third-order valence-corrected chi connectivity index (χ3v) is 4.06. The number of carbonyl (C=O) groups is 4. The van der Waals surface area contributed by atoms with Crippen LogP contribution >= 0.6 is 0 Å². The van der Waals surface area contributed by atoms with Crippen molar-refractivity contribution < 1.29 is 28.8 Å². The van der Waals surface area contributed by atoms with E-state index >= 15 is 0 Å². The molecule has 0 bridgehead atoms. The number of benzene rings is 2. The first-order valence-electron chi connectivity index (χ1n) is 7.78. The Bertz CT molecular complexity index is 919. The highest BCUT2D eigenvalue weighted by atomic mass is 16.7. The Hall–Kier alpha value is -3.68. The van der Waals surface area contributed by atoms with E-state index in [1.807, 2.05) is 0 Å². The highest BCUT2D eigenvalue weighted by molar-refractivity contribution is 6.20. The van der Waals surface area contributed by atoms with E-state index in [9.17, 15) is 19.2 Å². The lowest BCUT2D eigenvalue weighted by Gasteiger charge is -2.27. The lowest BCUT2D eigenvalue weighted by Crippen LogP contribution is -2.43. The van der Waals surface area contributed by atoms with Gasteiger partial charge in [-0.15, -0.1) is 0 Å². The number of para-hydroxylation sites is 1. The minimum Gasteiger partial charge on any atom is -0.410 e. The molecule has 0 aromatic heterocycles. The summed E-state index contributed by atoms with van der Waals surface area (Å²) in [5, 5.41) is 0.413. The van der Waals surface area contributed by atoms with Crippen LogP contribution in [-0.2, 0) is 16.2 Å². The Kier molecular flexibility index (Phi) is 3.65. The Morgan fingerprint density at radius 2 is 1.58 bits per heavy atom. The molecule has 3 amide bonds. The number of hydrogen-bond acceptors (Lipinski definition) is 6. The van der Waals surface area contributed by atoms with Gasteiger partial charge < -0.3 is 9.57 Å². The van der Waals surface area contributed by atoms with Crippen LogP contribution < -0.4 is 4.74 Å². The van der Waals surface area contributed by atoms with E-state index in [4.69, 9.17) is 9.57 Å². The van der Waals surface area contributed by atoms with Gasteiger partial charge in [0.2, 0.25) is 0 Å². The van der Waals surface area contributed by atoms with Crippen LogP contribution in [0.3, 0.4) is 0 Å². The highest BCUT2D eigenvalue weighted by Crippen LogP contribution is 2.26. The SMILES string of the molecule is O=C(CN1Cc2ccccc2OC1=O)ON1C(=O)c2ccccc2C1=O. The maximum Gasteiger partial charge on any atom is 0.416 e. The van der Waals surface area contributed by atoms with E-state index in [0.29, 0.717) is 10.8 Å². The fourth-order valence-corrected chi connectivity index (χ4v) is 2.82. The Morgan fingerprint density at radius 3 is 2.27 bits per heavy atom. The van der Waals surface area contributed by atoms with Gasteiger partial charge in [-0.3, -0.25) is 14.5 Å². The first-order valence-corrected chi connectivity index (χ1v) is 7.78. The zero-order valence-corrected chi connectivity index (χ0v) is 13.4. The lowest BCUT2D eigenvalue weighted by atomic mass is 10.1. The van der Waals surface area contributed by atoms with E-state index < -0.39 is 30.4 Å². The smallest absolute Gasteiger partial charge is 0.410 e. The largest absolute Gasteiger partial charge is 0.416 e. The lowest BCUT2D eigenvalue weighted by molar-refractivity contribution is -0.169. The van der Waals surface area contributed by atoms with E-state index in [-0.39, 0.29) is 17.7 Å². The van der Waals surface area contributed by atoms with E-state index in [2.05, 4.69) is 0 Å². The van der Waals surface area contributed by atoms with Gasteiger partial charge in [0.05, 0.1) is 17.7 Å². The van der Waals surface area contributed by atoms with Crippen LogP contribution in [0.2, 0.25) is 0 Å². The number of carbonyl (C=O) groups excluding carboxylic acids is 4. The molecule has 4 rings (SSSR count). The van der Waals surface area contributed by atoms with Crippen molar-refractivity contribution in [3.05, 3.63) is 65.2 Å². The summed E-state index contributed by atoms with van der Waals surface area (Å²) in [7, 11) is 0. The molecule has 2 aromatic carbocycles. The zero-order valence-electron chi connectivity index (χ0n) is 13.4. The van der Waals surface area contributed by atoms with E-state index in [1.165, 1.54) is 12.1 Å². The van der Waals surface area contributed by atoms with Crippen LogP contribution in [0.25, 0.3) is 0 Å². The van der Waals surface area contributed by atoms with Crippen LogP contribution in [0.15, 0.2) is 48.5 Å². The molecule has 0 aliphatic carbocycles. The molecule has 0 radical (unpaired) electrons. The first kappa shape index (κ1) is 15.8. The number of fused-ring (bicyclic) bond motifs is 2. The molecule has 2 heterocycles. The summed E-state index contributed by atoms with van der Waals surface area (Å²) in [6.45, 7) is -0.299. The summed E-state index contributed by atoms with van der Waals surface area (Å²) in [5.74, 6) is -1.92. The average Bonchev–Trinajstić information content (AvgIpc) is 2.88. The van der Waals surface area contributed by atoms with Crippen molar-refractivity contribution in [3.63, 3.8) is 0 Å². The monoisotopic (exact) mass is 352 g/mol. The molecule has 0 unspecified atom stereocenters. The van der Waals surface area contributed by atoms with Crippen molar-refractivity contribution in [2.75, 3.05) is 6.54 Å². The van der Waals surface area contributed by atoms with Crippen molar-refractivity contribution in [1.82, 2.24) is 9.96 Å². The molecule has 8 heteroatoms. The quantitative estimate of drug-likeness (QED) is 0.782. The molecule has 8 nitrogen and oxygen atoms in total. The summed E-state index contributed by atoms with van der Waals surface area (Å²) in [6.07, 6.45) is -0.706. The number of amides is 3. The summed E-state index contributed by atoms with van der Waals surface area (Å²) in [6, 6.07) is 13.1. The van der Waals surface area contributed by atoms with Gasteiger partial charge in [-0.25, -0.2) is 9.59 Å². The standard InChI is InChI=1S/C18H12N2O6/c21-15(10-19-9-11-5-1-4-8-14(11)25-18(19)24)26-20-16(22)12-6-2-3-7-13(12)17(20)23/h1-8H,9-10H2. The van der Waals surface area contributed by atoms with E-state index in [1.54, 1.807) is 36.4 Å². The average molecular weight is 352 g/mol. The van der Waals surface area contributed by atoms with Gasteiger partial charge in [0.1, 0.15) is 12.3 Å². The predicted molar refractivity (Wildman–Crippen MR) is 85.9 cm³/mol. The maximum atomic E-state index is 12.2. The molecule has 0 saturated heterocycles. The van der Waals surface area contributed by atoms with Crippen molar-refractivity contribution in [3.8, 4) is 5.75 Å². The maximum absolute atomic E-state index is 12.2. The molecule has 2 aliphatic heterocycles. The van der Waals surface area contributed by atoms with Crippen molar-refractivity contribution in [2.45, 2.75) is 6.54 Å². The highest BCUT2D eigenvalue weighted by Gasteiger charge is 2.39. The molecule has 0 spiro atoms. The zero-order chi connectivity index (χ0) is 18.3. The second-order valence-electron chi connectivity index (χ2n) is 5.75. The van der Waals surface area contributed by atoms with Crippen molar-refractivity contribution in [1.29, 1.82) is 0 Å². The van der Waals surface area contributed by atoms with Gasteiger partial charge in [-0.1, -0.05) is 35.4 Å². The van der Waals surface area contributed by atoms with E-state index in [0.717, 1.165) is 10.5 Å². The Morgan fingerprint density at radius 1 is 0.962 bits per heavy atom. The third-order valence-electron chi connectivity index (χ3n) is 4.06. The number of hydrogen-bond donors (Lipinski definition) is 0. The normalized spacial score (nSPS) is 15.5. The molecular formula is C18H12N2O6. The van der Waals surface area contributed by atoms with Crippen LogP contribution in [0, 0.1) is 0 Å². The summed E-state index contributed by atoms with van der Waals surface area (Å²) < 4.78 is 5.14. The second-order valence-corrected chi connectivity index (χ2v) is 5.75. The Balaban J connectivity index is 1.45. The van der Waals surface area contributed by atoms with Gasteiger partial charge in [-0.2, -0.15) is 0 Å². The molecule has 26 heavy (non-hydrogen) atoms. The van der Waals surface area contributed by atoms with Crippen molar-refractivity contribution in [2.24, 2.45) is 0 Å². The van der Waals surface area contributed by atoms with Crippen molar-refractivity contribution >= 4 is 23.9 Å². The molecule has 0 atom stereocenters. The molecule has 0 fully saturated rings. The minimum atomic E-state index is -0.921. The minimum absolute atomic E-state index is 0.159. The van der Waals surface area contributed by atoms with Crippen LogP contribution in [0.1, 0.15) is 26.3 Å². The number of ether oxygens (including phenoxy) is 1. The summed E-state index contributed by atoms with van der Waals surface area (Å²) in [4.78, 5) is 54.5. The van der Waals surface area contributed by atoms with Crippen LogP contribution in [-0.4, -0.2) is 40.4 Å². The van der Waals surface area contributed by atoms with Gasteiger partial charge in [-0.05, 0) is 18.2 Å². The van der Waals surface area contributed by atoms with Gasteiger partial charge in [0.15, 0.2) is 0 Å². The van der Waals surface area contributed by atoms with Crippen LogP contribution in [0.4, 0.5) is 4.79 Å². The molecular weight excluding hydrogens is 340 g/mol. The van der Waals surface area contributed by atoms with Gasteiger partial charge in [0, 0.05) is 5.56 Å². The third kappa shape index (κ3) is 2.57. The summed E-state index contributed by atoms with van der Waals surface area (Å²) >= 11 is 0. The fraction of sp³-hybridized carbons (Fsp3) is 0.111.